The number of rotatable bonds is 6. The standard InChI is InChI=1S/C12H22N4/c1-12-14-6-11-16(12)10-5-13-4-9-15-7-2-3-8-15/h6,11,13H,2-5,7-10H2,1H3. The molecule has 1 saturated heterocycles. The van der Waals surface area contributed by atoms with E-state index in [0.29, 0.717) is 0 Å². The summed E-state index contributed by atoms with van der Waals surface area (Å²) >= 11 is 0. The highest BCUT2D eigenvalue weighted by Crippen LogP contribution is 2.05. The minimum atomic E-state index is 1.02. The number of nitrogens with one attached hydrogen (secondary N) is 1. The van der Waals surface area contributed by atoms with Crippen molar-refractivity contribution in [3.05, 3.63) is 18.2 Å². The van der Waals surface area contributed by atoms with Crippen molar-refractivity contribution in [2.24, 2.45) is 0 Å². The topological polar surface area (TPSA) is 33.1 Å². The van der Waals surface area contributed by atoms with Crippen LogP contribution in [0.3, 0.4) is 0 Å². The van der Waals surface area contributed by atoms with Crippen LogP contribution in [0.25, 0.3) is 0 Å². The van der Waals surface area contributed by atoms with Crippen LogP contribution >= 0.6 is 0 Å². The van der Waals surface area contributed by atoms with Gasteiger partial charge in [0.1, 0.15) is 5.82 Å². The molecule has 1 aliphatic heterocycles. The largest absolute Gasteiger partial charge is 0.334 e. The smallest absolute Gasteiger partial charge is 0.105 e. The summed E-state index contributed by atoms with van der Waals surface area (Å²) in [5, 5.41) is 3.49. The third-order valence-electron chi connectivity index (χ3n) is 3.26. The molecule has 0 atom stereocenters. The summed E-state index contributed by atoms with van der Waals surface area (Å²) in [7, 11) is 0. The lowest BCUT2D eigenvalue weighted by molar-refractivity contribution is 0.335. The molecule has 1 N–H and O–H groups in total. The van der Waals surface area contributed by atoms with Crippen LogP contribution in [0, 0.1) is 6.92 Å². The average Bonchev–Trinajstić information content (AvgIpc) is 2.90. The average molecular weight is 222 g/mol. The molecule has 0 spiro atoms. The van der Waals surface area contributed by atoms with Crippen LogP contribution in [-0.2, 0) is 6.54 Å². The first-order valence-corrected chi connectivity index (χ1v) is 6.27. The lowest BCUT2D eigenvalue weighted by atomic mass is 10.4. The van der Waals surface area contributed by atoms with Crippen molar-refractivity contribution in [3.8, 4) is 0 Å². The van der Waals surface area contributed by atoms with Crippen molar-refractivity contribution in [3.63, 3.8) is 0 Å². The number of hydrogen-bond acceptors (Lipinski definition) is 3. The molecule has 0 radical (unpaired) electrons. The second-order valence-corrected chi connectivity index (χ2v) is 4.47. The van der Waals surface area contributed by atoms with Gasteiger partial charge in [-0.25, -0.2) is 4.98 Å². The van der Waals surface area contributed by atoms with Crippen molar-refractivity contribution in [2.45, 2.75) is 26.3 Å². The third-order valence-corrected chi connectivity index (χ3v) is 3.26. The molecule has 1 aromatic heterocycles. The van der Waals surface area contributed by atoms with Crippen LogP contribution in [0.2, 0.25) is 0 Å². The molecular weight excluding hydrogens is 200 g/mol. The van der Waals surface area contributed by atoms with Gasteiger partial charge in [0.05, 0.1) is 0 Å². The van der Waals surface area contributed by atoms with Crippen molar-refractivity contribution in [1.29, 1.82) is 0 Å². The first kappa shape index (κ1) is 11.6. The predicted octanol–water partition coefficient (Wildman–Crippen LogP) is 0.877. The van der Waals surface area contributed by atoms with Crippen LogP contribution in [-0.4, -0.2) is 47.2 Å². The second-order valence-electron chi connectivity index (χ2n) is 4.47. The quantitative estimate of drug-likeness (QED) is 0.725. The summed E-state index contributed by atoms with van der Waals surface area (Å²) in [6.07, 6.45) is 6.67. The Bertz CT molecular complexity index is 302. The Morgan fingerprint density at radius 3 is 2.69 bits per heavy atom. The minimum Gasteiger partial charge on any atom is -0.334 e. The molecule has 4 heteroatoms. The number of hydrogen-bond donors (Lipinski definition) is 1. The maximum Gasteiger partial charge on any atom is 0.105 e. The Morgan fingerprint density at radius 2 is 2.00 bits per heavy atom. The number of aryl methyl sites for hydroxylation is 1. The maximum absolute atomic E-state index is 4.21. The Balaban J connectivity index is 1.53. The van der Waals surface area contributed by atoms with Crippen LogP contribution in [0.15, 0.2) is 12.4 Å². The summed E-state index contributed by atoms with van der Waals surface area (Å²) in [6, 6.07) is 0. The number of nitrogens with zero attached hydrogens (tertiary/aromatic N) is 3. The zero-order valence-corrected chi connectivity index (χ0v) is 10.2. The van der Waals surface area contributed by atoms with Gasteiger partial charge in [0.2, 0.25) is 0 Å². The van der Waals surface area contributed by atoms with E-state index in [2.05, 4.69) is 19.8 Å². The SMILES string of the molecule is Cc1nccn1CCNCCN1CCCC1. The Kier molecular flexibility index (Phi) is 4.36. The monoisotopic (exact) mass is 222 g/mol. The Labute approximate surface area is 97.7 Å². The molecule has 2 heterocycles. The molecule has 0 aromatic carbocycles. The van der Waals surface area contributed by atoms with Gasteiger partial charge < -0.3 is 14.8 Å². The van der Waals surface area contributed by atoms with Crippen LogP contribution in [0.4, 0.5) is 0 Å². The predicted molar refractivity (Wildman–Crippen MR) is 65.5 cm³/mol. The van der Waals surface area contributed by atoms with Gasteiger partial charge >= 0.3 is 0 Å². The van der Waals surface area contributed by atoms with Crippen LogP contribution in [0.5, 0.6) is 0 Å². The normalized spacial score (nSPS) is 17.1. The number of likely N-dealkylation sites (tertiary alicyclic amines) is 1. The molecule has 4 nitrogen and oxygen atoms in total. The van der Waals surface area contributed by atoms with Crippen molar-refractivity contribution >= 4 is 0 Å². The highest BCUT2D eigenvalue weighted by atomic mass is 15.2. The summed E-state index contributed by atoms with van der Waals surface area (Å²) in [4.78, 5) is 6.74. The molecule has 0 saturated carbocycles. The molecule has 1 aromatic rings. The Hall–Kier alpha value is -0.870. The summed E-state index contributed by atoms with van der Waals surface area (Å²) in [5.74, 6) is 1.10. The van der Waals surface area contributed by atoms with Crippen LogP contribution < -0.4 is 5.32 Å². The van der Waals surface area contributed by atoms with Gasteiger partial charge in [-0.1, -0.05) is 0 Å². The van der Waals surface area contributed by atoms with E-state index in [-0.39, 0.29) is 0 Å². The van der Waals surface area contributed by atoms with Gasteiger partial charge in [-0.05, 0) is 32.9 Å². The third kappa shape index (κ3) is 3.32. The van der Waals surface area contributed by atoms with Crippen molar-refractivity contribution in [1.82, 2.24) is 19.8 Å². The maximum atomic E-state index is 4.21. The van der Waals surface area contributed by atoms with E-state index < -0.39 is 0 Å². The van der Waals surface area contributed by atoms with E-state index in [1.807, 2.05) is 19.3 Å². The molecule has 0 unspecified atom stereocenters. The van der Waals surface area contributed by atoms with Gasteiger partial charge in [0, 0.05) is 38.6 Å². The van der Waals surface area contributed by atoms with Gasteiger partial charge in [0.25, 0.3) is 0 Å². The van der Waals surface area contributed by atoms with Gasteiger partial charge in [-0.2, -0.15) is 0 Å². The first-order chi connectivity index (χ1) is 7.86. The number of aromatic nitrogens is 2. The van der Waals surface area contributed by atoms with Gasteiger partial charge in [-0.3, -0.25) is 0 Å². The summed E-state index contributed by atoms with van der Waals surface area (Å²) in [6.45, 7) is 8.99. The fraction of sp³-hybridized carbons (Fsp3) is 0.750. The number of imidazole rings is 1. The highest BCUT2D eigenvalue weighted by molar-refractivity contribution is 4.88. The lowest BCUT2D eigenvalue weighted by Crippen LogP contribution is -2.31. The molecule has 1 aliphatic rings. The van der Waals surface area contributed by atoms with E-state index in [4.69, 9.17) is 0 Å². The summed E-state index contributed by atoms with van der Waals surface area (Å²) in [5.41, 5.74) is 0. The molecule has 16 heavy (non-hydrogen) atoms. The highest BCUT2D eigenvalue weighted by Gasteiger charge is 2.09. The molecule has 0 aliphatic carbocycles. The molecule has 0 amide bonds. The zero-order chi connectivity index (χ0) is 11.2. The fourth-order valence-electron chi connectivity index (χ4n) is 2.21. The van der Waals surface area contributed by atoms with E-state index >= 15 is 0 Å². The van der Waals surface area contributed by atoms with E-state index in [1.165, 1.54) is 32.5 Å². The summed E-state index contributed by atoms with van der Waals surface area (Å²) < 4.78 is 2.18. The van der Waals surface area contributed by atoms with E-state index in [0.717, 1.165) is 25.5 Å². The first-order valence-electron chi connectivity index (χ1n) is 6.27. The van der Waals surface area contributed by atoms with Crippen molar-refractivity contribution in [2.75, 3.05) is 32.7 Å². The van der Waals surface area contributed by atoms with Gasteiger partial charge in [0.15, 0.2) is 0 Å². The molecule has 90 valence electrons. The molecule has 1 fully saturated rings. The van der Waals surface area contributed by atoms with Crippen LogP contribution in [0.1, 0.15) is 18.7 Å². The van der Waals surface area contributed by atoms with E-state index in [1.54, 1.807) is 0 Å². The minimum absolute atomic E-state index is 1.02. The second kappa shape index (κ2) is 6.01. The lowest BCUT2D eigenvalue weighted by Gasteiger charge is -2.14. The van der Waals surface area contributed by atoms with Crippen molar-refractivity contribution < 1.29 is 0 Å². The van der Waals surface area contributed by atoms with E-state index in [9.17, 15) is 0 Å². The molecule has 2 rings (SSSR count). The molecule has 0 bridgehead atoms. The van der Waals surface area contributed by atoms with Gasteiger partial charge in [-0.15, -0.1) is 0 Å². The Morgan fingerprint density at radius 1 is 1.25 bits per heavy atom. The zero-order valence-electron chi connectivity index (χ0n) is 10.2. The fourth-order valence-corrected chi connectivity index (χ4v) is 2.21. The molecular formula is C12H22N4.